The Labute approximate surface area is 155 Å². The van der Waals surface area contributed by atoms with Crippen molar-refractivity contribution < 1.29 is 30.0 Å². The van der Waals surface area contributed by atoms with Gasteiger partial charge in [-0.15, -0.1) is 0 Å². The molecule has 1 aromatic carbocycles. The Kier molecular flexibility index (Phi) is 5.19. The Morgan fingerprint density at radius 2 is 2.07 bits per heavy atom. The molecule has 1 aromatic heterocycles. The minimum atomic E-state index is -1.49. The van der Waals surface area contributed by atoms with E-state index in [1.54, 1.807) is 23.8 Å². The average molecular weight is 372 g/mol. The number of carboxylic acid groups (broad SMARTS) is 1. The van der Waals surface area contributed by atoms with E-state index >= 15 is 0 Å². The van der Waals surface area contributed by atoms with Crippen LogP contribution in [0.5, 0.6) is 0 Å². The molecule has 0 bridgehead atoms. The summed E-state index contributed by atoms with van der Waals surface area (Å²) >= 11 is 0. The van der Waals surface area contributed by atoms with Crippen LogP contribution in [0.1, 0.15) is 18.7 Å². The van der Waals surface area contributed by atoms with Gasteiger partial charge in [-0.2, -0.15) is 5.26 Å². The number of ether oxygens (including phenoxy) is 1. The fraction of sp³-hybridized carbons (Fsp3) is 0.368. The second-order valence-corrected chi connectivity index (χ2v) is 6.59. The standard InChI is InChI=1S/C19H20N2O6/c1-10-13(21-8-11-4-2-3-5-12(11)14(21)7-20)6-16(19(25)26)27-18(10)17(24)15(23)9-22/h2-6,8,10,13,15,17-18,22-24H,9H2,1H3,(H,25,26)/t10-,13+,15-,17-,18-/m1/s1. The van der Waals surface area contributed by atoms with Gasteiger partial charge in [0.05, 0.1) is 12.6 Å². The first kappa shape index (κ1) is 18.9. The van der Waals surface area contributed by atoms with E-state index in [-0.39, 0.29) is 5.76 Å². The van der Waals surface area contributed by atoms with E-state index in [1.807, 2.05) is 18.2 Å². The summed E-state index contributed by atoms with van der Waals surface area (Å²) in [5.41, 5.74) is 0.362. The van der Waals surface area contributed by atoms with Crippen molar-refractivity contribution in [2.24, 2.45) is 5.92 Å². The van der Waals surface area contributed by atoms with Crippen LogP contribution >= 0.6 is 0 Å². The van der Waals surface area contributed by atoms with Gasteiger partial charge < -0.3 is 29.7 Å². The largest absolute Gasteiger partial charge is 0.480 e. The molecule has 0 spiro atoms. The van der Waals surface area contributed by atoms with E-state index in [4.69, 9.17) is 9.84 Å². The Bertz CT molecular complexity index is 928. The second kappa shape index (κ2) is 7.40. The van der Waals surface area contributed by atoms with Crippen molar-refractivity contribution in [1.82, 2.24) is 4.57 Å². The number of aliphatic hydroxyl groups excluding tert-OH is 3. The molecule has 4 N–H and O–H groups in total. The van der Waals surface area contributed by atoms with Crippen molar-refractivity contribution in [2.75, 3.05) is 6.61 Å². The van der Waals surface area contributed by atoms with E-state index in [0.717, 1.165) is 10.8 Å². The molecule has 8 heteroatoms. The second-order valence-electron chi connectivity index (χ2n) is 6.59. The predicted octanol–water partition coefficient (Wildman–Crippen LogP) is 0.772. The highest BCUT2D eigenvalue weighted by molar-refractivity contribution is 5.88. The molecule has 5 atom stereocenters. The lowest BCUT2D eigenvalue weighted by molar-refractivity contribution is -0.147. The van der Waals surface area contributed by atoms with Crippen LogP contribution in [0.2, 0.25) is 0 Å². The number of nitriles is 1. The highest BCUT2D eigenvalue weighted by atomic mass is 16.5. The maximum absolute atomic E-state index is 11.5. The highest BCUT2D eigenvalue weighted by Gasteiger charge is 2.41. The summed E-state index contributed by atoms with van der Waals surface area (Å²) in [6.45, 7) is 1.03. The number of aliphatic hydroxyl groups is 3. The third-order valence-electron chi connectivity index (χ3n) is 4.95. The fourth-order valence-electron chi connectivity index (χ4n) is 3.49. The van der Waals surface area contributed by atoms with E-state index in [2.05, 4.69) is 6.07 Å². The number of hydrogen-bond donors (Lipinski definition) is 4. The molecule has 2 aromatic rings. The minimum Gasteiger partial charge on any atom is -0.480 e. The topological polar surface area (TPSA) is 136 Å². The maximum Gasteiger partial charge on any atom is 0.370 e. The van der Waals surface area contributed by atoms with Crippen LogP contribution < -0.4 is 0 Å². The quantitative estimate of drug-likeness (QED) is 0.609. The maximum atomic E-state index is 11.5. The van der Waals surface area contributed by atoms with E-state index < -0.39 is 42.8 Å². The number of nitrogens with zero attached hydrogens (tertiary/aromatic N) is 2. The van der Waals surface area contributed by atoms with Crippen LogP contribution in [-0.2, 0) is 9.53 Å². The SMILES string of the molecule is C[C@H]1[C@H]([C@H](O)[C@H](O)CO)OC(C(=O)O)=C[C@@H]1n1cc2ccccc2c1C#N. The monoisotopic (exact) mass is 372 g/mol. The molecule has 0 aliphatic carbocycles. The number of fused-ring (bicyclic) bond motifs is 1. The molecule has 0 saturated heterocycles. The van der Waals surface area contributed by atoms with Gasteiger partial charge in [0.2, 0.25) is 5.76 Å². The van der Waals surface area contributed by atoms with Gasteiger partial charge in [0, 0.05) is 22.9 Å². The first-order valence-electron chi connectivity index (χ1n) is 8.47. The molecule has 1 aliphatic heterocycles. The van der Waals surface area contributed by atoms with Crippen molar-refractivity contribution in [3.63, 3.8) is 0 Å². The summed E-state index contributed by atoms with van der Waals surface area (Å²) in [6, 6.07) is 8.85. The molecule has 8 nitrogen and oxygen atoms in total. The highest BCUT2D eigenvalue weighted by Crippen LogP contribution is 2.37. The van der Waals surface area contributed by atoms with E-state index in [0.29, 0.717) is 5.69 Å². The van der Waals surface area contributed by atoms with Crippen LogP contribution in [0.25, 0.3) is 10.8 Å². The number of carbonyl (C=O) groups is 1. The predicted molar refractivity (Wildman–Crippen MR) is 94.5 cm³/mol. The Morgan fingerprint density at radius 3 is 2.70 bits per heavy atom. The van der Waals surface area contributed by atoms with Crippen molar-refractivity contribution in [2.45, 2.75) is 31.3 Å². The number of hydrogen-bond acceptors (Lipinski definition) is 6. The van der Waals surface area contributed by atoms with Gasteiger partial charge in [-0.25, -0.2) is 4.79 Å². The molecule has 142 valence electrons. The number of rotatable bonds is 5. The zero-order chi connectivity index (χ0) is 19.7. The van der Waals surface area contributed by atoms with Crippen LogP contribution in [-0.4, -0.2) is 55.9 Å². The van der Waals surface area contributed by atoms with Gasteiger partial charge in [0.25, 0.3) is 0 Å². The zero-order valence-corrected chi connectivity index (χ0v) is 14.6. The summed E-state index contributed by atoms with van der Waals surface area (Å²) in [4.78, 5) is 11.5. The lowest BCUT2D eigenvalue weighted by Crippen LogP contribution is -2.48. The average Bonchev–Trinajstić information content (AvgIpc) is 3.05. The molecule has 0 fully saturated rings. The van der Waals surface area contributed by atoms with Crippen molar-refractivity contribution in [3.05, 3.63) is 48.0 Å². The molecule has 0 radical (unpaired) electrons. The lowest BCUT2D eigenvalue weighted by atomic mass is 9.87. The minimum absolute atomic E-state index is 0.362. The Hall–Kier alpha value is -2.86. The molecular weight excluding hydrogens is 352 g/mol. The zero-order valence-electron chi connectivity index (χ0n) is 14.6. The fourth-order valence-corrected chi connectivity index (χ4v) is 3.49. The summed E-state index contributed by atoms with van der Waals surface area (Å²) in [5.74, 6) is -2.19. The molecule has 1 aliphatic rings. The molecule has 27 heavy (non-hydrogen) atoms. The van der Waals surface area contributed by atoms with Gasteiger partial charge in [0.1, 0.15) is 30.1 Å². The van der Waals surface area contributed by atoms with Gasteiger partial charge in [0.15, 0.2) is 0 Å². The molecule has 0 amide bonds. The number of allylic oxidation sites excluding steroid dienone is 1. The van der Waals surface area contributed by atoms with Gasteiger partial charge in [-0.05, 0) is 6.08 Å². The van der Waals surface area contributed by atoms with Gasteiger partial charge in [-0.3, -0.25) is 0 Å². The third-order valence-corrected chi connectivity index (χ3v) is 4.95. The Morgan fingerprint density at radius 1 is 1.37 bits per heavy atom. The van der Waals surface area contributed by atoms with E-state index in [9.17, 15) is 25.4 Å². The number of aliphatic carboxylic acids is 1. The van der Waals surface area contributed by atoms with Crippen molar-refractivity contribution in [1.29, 1.82) is 5.26 Å². The van der Waals surface area contributed by atoms with E-state index in [1.165, 1.54) is 6.08 Å². The molecule has 2 heterocycles. The van der Waals surface area contributed by atoms with Crippen LogP contribution in [0.15, 0.2) is 42.3 Å². The molecule has 3 rings (SSSR count). The summed E-state index contributed by atoms with van der Waals surface area (Å²) < 4.78 is 7.05. The Balaban J connectivity index is 2.12. The third kappa shape index (κ3) is 3.28. The van der Waals surface area contributed by atoms with Crippen LogP contribution in [0.3, 0.4) is 0 Å². The summed E-state index contributed by atoms with van der Waals surface area (Å²) in [5, 5.41) is 49.8. The normalized spacial score (nSPS) is 24.6. The smallest absolute Gasteiger partial charge is 0.370 e. The van der Waals surface area contributed by atoms with Crippen LogP contribution in [0.4, 0.5) is 0 Å². The van der Waals surface area contributed by atoms with Crippen LogP contribution in [0, 0.1) is 17.2 Å². The first-order chi connectivity index (χ1) is 12.9. The summed E-state index contributed by atoms with van der Waals surface area (Å²) in [6.07, 6.45) is -0.912. The number of carboxylic acids is 1. The van der Waals surface area contributed by atoms with Crippen molar-refractivity contribution in [3.8, 4) is 6.07 Å². The van der Waals surface area contributed by atoms with Crippen molar-refractivity contribution >= 4 is 16.7 Å². The lowest BCUT2D eigenvalue weighted by Gasteiger charge is -2.38. The number of benzene rings is 1. The molecule has 0 unspecified atom stereocenters. The van der Waals surface area contributed by atoms with Gasteiger partial charge in [-0.1, -0.05) is 31.2 Å². The first-order valence-corrected chi connectivity index (χ1v) is 8.47. The summed E-state index contributed by atoms with van der Waals surface area (Å²) in [7, 11) is 0. The number of aromatic nitrogens is 1. The van der Waals surface area contributed by atoms with Gasteiger partial charge >= 0.3 is 5.97 Å². The molecular formula is C19H20N2O6. The molecule has 0 saturated carbocycles.